The van der Waals surface area contributed by atoms with Crippen LogP contribution in [0.4, 0.5) is 5.69 Å². The van der Waals surface area contributed by atoms with Crippen molar-refractivity contribution in [2.24, 2.45) is 0 Å². The molecule has 0 unspecified atom stereocenters. The monoisotopic (exact) mass is 436 g/mol. The third-order valence-electron chi connectivity index (χ3n) is 5.86. The maximum Gasteiger partial charge on any atom is 0.251 e. The van der Waals surface area contributed by atoms with Gasteiger partial charge in [0.25, 0.3) is 5.91 Å². The van der Waals surface area contributed by atoms with Gasteiger partial charge in [0, 0.05) is 56.9 Å². The highest BCUT2D eigenvalue weighted by Crippen LogP contribution is 2.17. The first-order chi connectivity index (χ1) is 15.6. The Morgan fingerprint density at radius 3 is 2.34 bits per heavy atom. The maximum atomic E-state index is 12.0. The van der Waals surface area contributed by atoms with Crippen LogP contribution in [0.25, 0.3) is 0 Å². The number of nitrogens with one attached hydrogen (secondary N) is 2. The van der Waals surface area contributed by atoms with E-state index in [4.69, 9.17) is 0 Å². The van der Waals surface area contributed by atoms with Crippen LogP contribution in [0.3, 0.4) is 0 Å². The molecule has 1 heterocycles. The van der Waals surface area contributed by atoms with Crippen molar-refractivity contribution in [2.75, 3.05) is 50.7 Å². The quantitative estimate of drug-likeness (QED) is 0.531. The summed E-state index contributed by atoms with van der Waals surface area (Å²) in [6.45, 7) is 8.78. The van der Waals surface area contributed by atoms with Crippen LogP contribution in [-0.4, -0.2) is 62.5 Å². The molecule has 1 aliphatic heterocycles. The van der Waals surface area contributed by atoms with Gasteiger partial charge in [-0.15, -0.1) is 0 Å². The van der Waals surface area contributed by atoms with E-state index in [1.165, 1.54) is 11.3 Å². The van der Waals surface area contributed by atoms with Gasteiger partial charge >= 0.3 is 0 Å². The van der Waals surface area contributed by atoms with Crippen molar-refractivity contribution in [3.63, 3.8) is 0 Å². The largest absolute Gasteiger partial charge is 0.369 e. The Morgan fingerprint density at radius 2 is 1.59 bits per heavy atom. The number of aryl methyl sites for hydroxylation is 1. The predicted molar refractivity (Wildman–Crippen MR) is 130 cm³/mol. The van der Waals surface area contributed by atoms with Gasteiger partial charge in [-0.05, 0) is 62.6 Å². The average Bonchev–Trinajstić information content (AvgIpc) is 2.82. The van der Waals surface area contributed by atoms with E-state index < -0.39 is 0 Å². The first-order valence-electron chi connectivity index (χ1n) is 11.8. The predicted octanol–water partition coefficient (Wildman–Crippen LogP) is 3.22. The second kappa shape index (κ2) is 12.9. The summed E-state index contributed by atoms with van der Waals surface area (Å²) in [4.78, 5) is 28.9. The first-order valence-corrected chi connectivity index (χ1v) is 11.8. The van der Waals surface area contributed by atoms with Gasteiger partial charge in [0.15, 0.2) is 0 Å². The molecular formula is C26H36N4O2. The van der Waals surface area contributed by atoms with E-state index in [0.717, 1.165) is 52.1 Å². The Bertz CT molecular complexity index is 848. The summed E-state index contributed by atoms with van der Waals surface area (Å²) in [5, 5.41) is 5.85. The molecule has 0 aliphatic carbocycles. The van der Waals surface area contributed by atoms with Crippen LogP contribution in [0.15, 0.2) is 54.6 Å². The fourth-order valence-electron chi connectivity index (χ4n) is 3.97. The number of nitrogens with zero attached hydrogens (tertiary/aromatic N) is 2. The van der Waals surface area contributed by atoms with Gasteiger partial charge < -0.3 is 15.5 Å². The van der Waals surface area contributed by atoms with Crippen molar-refractivity contribution in [1.82, 2.24) is 15.5 Å². The Labute approximate surface area is 192 Å². The van der Waals surface area contributed by atoms with Crippen LogP contribution in [0, 0.1) is 6.92 Å². The molecule has 1 aliphatic rings. The zero-order valence-corrected chi connectivity index (χ0v) is 19.2. The molecule has 0 saturated carbocycles. The number of carbonyl (C=O) groups excluding carboxylic acids is 2. The topological polar surface area (TPSA) is 64.7 Å². The summed E-state index contributed by atoms with van der Waals surface area (Å²) < 4.78 is 0. The summed E-state index contributed by atoms with van der Waals surface area (Å²) in [5.41, 5.74) is 3.28. The van der Waals surface area contributed by atoms with Crippen molar-refractivity contribution >= 4 is 17.5 Å². The summed E-state index contributed by atoms with van der Waals surface area (Å²) in [6, 6.07) is 17.9. The first kappa shape index (κ1) is 23.8. The third-order valence-corrected chi connectivity index (χ3v) is 5.86. The number of carbonyl (C=O) groups is 2. The molecule has 1 fully saturated rings. The van der Waals surface area contributed by atoms with Gasteiger partial charge in [-0.3, -0.25) is 14.5 Å². The normalized spacial score (nSPS) is 14.2. The van der Waals surface area contributed by atoms with Crippen molar-refractivity contribution < 1.29 is 9.59 Å². The Kier molecular flexibility index (Phi) is 9.57. The van der Waals surface area contributed by atoms with Crippen LogP contribution < -0.4 is 15.5 Å². The van der Waals surface area contributed by atoms with E-state index >= 15 is 0 Å². The summed E-state index contributed by atoms with van der Waals surface area (Å²) in [5.74, 6) is -0.0311. The SMILES string of the molecule is Cc1cccc(N2CCN(CCCCNC(=O)CCCNC(=O)c3ccccc3)CC2)c1. The van der Waals surface area contributed by atoms with E-state index in [1.807, 2.05) is 18.2 Å². The van der Waals surface area contributed by atoms with Gasteiger partial charge in [-0.1, -0.05) is 30.3 Å². The van der Waals surface area contributed by atoms with Crippen LogP contribution in [0.2, 0.25) is 0 Å². The lowest BCUT2D eigenvalue weighted by molar-refractivity contribution is -0.121. The maximum absolute atomic E-state index is 12.0. The molecule has 0 aromatic heterocycles. The van der Waals surface area contributed by atoms with Crippen LogP contribution in [0.5, 0.6) is 0 Å². The van der Waals surface area contributed by atoms with Gasteiger partial charge in [0.1, 0.15) is 0 Å². The zero-order valence-electron chi connectivity index (χ0n) is 19.2. The zero-order chi connectivity index (χ0) is 22.6. The third kappa shape index (κ3) is 8.00. The number of unbranched alkanes of at least 4 members (excludes halogenated alkanes) is 1. The van der Waals surface area contributed by atoms with Crippen molar-refractivity contribution in [1.29, 1.82) is 0 Å². The van der Waals surface area contributed by atoms with E-state index in [2.05, 4.69) is 51.6 Å². The highest BCUT2D eigenvalue weighted by Gasteiger charge is 2.16. The number of hydrogen-bond donors (Lipinski definition) is 2. The second-order valence-corrected chi connectivity index (χ2v) is 8.45. The molecule has 0 atom stereocenters. The van der Waals surface area contributed by atoms with Crippen LogP contribution >= 0.6 is 0 Å². The number of piperazine rings is 1. The molecule has 0 bridgehead atoms. The number of rotatable bonds is 11. The molecule has 172 valence electrons. The minimum absolute atomic E-state index is 0.0609. The number of anilines is 1. The number of benzene rings is 2. The van der Waals surface area contributed by atoms with Crippen molar-refractivity contribution in [3.8, 4) is 0 Å². The average molecular weight is 437 g/mol. The lowest BCUT2D eigenvalue weighted by Crippen LogP contribution is -2.46. The molecule has 2 aromatic rings. The molecule has 3 rings (SSSR count). The van der Waals surface area contributed by atoms with E-state index in [1.54, 1.807) is 12.1 Å². The molecular weight excluding hydrogens is 400 g/mol. The summed E-state index contributed by atoms with van der Waals surface area (Å²) >= 11 is 0. The van der Waals surface area contributed by atoms with E-state index in [-0.39, 0.29) is 11.8 Å². The standard InChI is InChI=1S/C26H36N4O2/c1-22-9-7-12-24(21-22)30-19-17-29(18-20-30)16-6-5-14-27-25(31)13-8-15-28-26(32)23-10-3-2-4-11-23/h2-4,7,9-12,21H,5-6,8,13-20H2,1H3,(H,27,31)(H,28,32). The Morgan fingerprint density at radius 1 is 0.844 bits per heavy atom. The smallest absolute Gasteiger partial charge is 0.251 e. The molecule has 2 aromatic carbocycles. The Hall–Kier alpha value is -2.86. The molecule has 6 nitrogen and oxygen atoms in total. The molecule has 2 N–H and O–H groups in total. The molecule has 32 heavy (non-hydrogen) atoms. The van der Waals surface area contributed by atoms with Gasteiger partial charge in [-0.2, -0.15) is 0 Å². The van der Waals surface area contributed by atoms with Crippen molar-refractivity contribution in [2.45, 2.75) is 32.6 Å². The van der Waals surface area contributed by atoms with Crippen molar-refractivity contribution in [3.05, 3.63) is 65.7 Å². The van der Waals surface area contributed by atoms with Gasteiger partial charge in [0.05, 0.1) is 0 Å². The fraction of sp³-hybridized carbons (Fsp3) is 0.462. The minimum Gasteiger partial charge on any atom is -0.369 e. The number of hydrogen-bond acceptors (Lipinski definition) is 4. The summed E-state index contributed by atoms with van der Waals surface area (Å²) in [6.07, 6.45) is 3.18. The van der Waals surface area contributed by atoms with Gasteiger partial charge in [0.2, 0.25) is 5.91 Å². The highest BCUT2D eigenvalue weighted by molar-refractivity contribution is 5.94. The molecule has 1 saturated heterocycles. The van der Waals surface area contributed by atoms with E-state index in [0.29, 0.717) is 24.9 Å². The lowest BCUT2D eigenvalue weighted by atomic mass is 10.2. The van der Waals surface area contributed by atoms with Crippen LogP contribution in [-0.2, 0) is 4.79 Å². The molecule has 2 amide bonds. The Balaban J connectivity index is 1.18. The molecule has 6 heteroatoms. The summed E-state index contributed by atoms with van der Waals surface area (Å²) in [7, 11) is 0. The van der Waals surface area contributed by atoms with E-state index in [9.17, 15) is 9.59 Å². The highest BCUT2D eigenvalue weighted by atomic mass is 16.2. The van der Waals surface area contributed by atoms with Gasteiger partial charge in [-0.25, -0.2) is 0 Å². The minimum atomic E-state index is -0.0919. The fourth-order valence-corrected chi connectivity index (χ4v) is 3.97. The molecule has 0 radical (unpaired) electrons. The van der Waals surface area contributed by atoms with Crippen LogP contribution in [0.1, 0.15) is 41.6 Å². The molecule has 0 spiro atoms. The second-order valence-electron chi connectivity index (χ2n) is 8.45. The lowest BCUT2D eigenvalue weighted by Gasteiger charge is -2.36. The number of amides is 2.